The van der Waals surface area contributed by atoms with Crippen LogP contribution in [0.2, 0.25) is 0 Å². The number of fused-ring (bicyclic) bond motifs is 1. The molecule has 0 fully saturated rings. The van der Waals surface area contributed by atoms with Crippen LogP contribution in [-0.2, 0) is 0 Å². The molecule has 0 spiro atoms. The molecule has 262 valence electrons. The molecule has 2 heteroatoms. The van der Waals surface area contributed by atoms with Gasteiger partial charge in [-0.05, 0) is 140 Å². The number of carbonyl (C=O) groups excluding carboxylic acids is 2. The van der Waals surface area contributed by atoms with Crippen LogP contribution in [0, 0.1) is 10.8 Å². The fraction of sp³-hybridized carbons (Fsp3) is 0.522. The zero-order chi connectivity index (χ0) is 35.9. The predicted octanol–water partition coefficient (Wildman–Crippen LogP) is 14.0. The van der Waals surface area contributed by atoms with Gasteiger partial charge in [0, 0.05) is 16.5 Å². The highest BCUT2D eigenvalue weighted by molar-refractivity contribution is 6.19. The van der Waals surface area contributed by atoms with Crippen molar-refractivity contribution in [2.24, 2.45) is 10.8 Å². The summed E-state index contributed by atoms with van der Waals surface area (Å²) in [5.41, 5.74) is 8.68. The van der Waals surface area contributed by atoms with Gasteiger partial charge < -0.3 is 0 Å². The second kappa shape index (κ2) is 19.7. The zero-order valence-electron chi connectivity index (χ0n) is 32.4. The van der Waals surface area contributed by atoms with E-state index in [0.717, 1.165) is 51.4 Å². The van der Waals surface area contributed by atoms with E-state index < -0.39 is 10.8 Å². The lowest BCUT2D eigenvalue weighted by Gasteiger charge is -2.49. The van der Waals surface area contributed by atoms with E-state index in [1.807, 2.05) is 24.3 Å². The molecule has 0 aromatic heterocycles. The molecule has 0 aliphatic heterocycles. The molecule has 0 amide bonds. The van der Waals surface area contributed by atoms with Crippen molar-refractivity contribution < 1.29 is 9.59 Å². The maximum absolute atomic E-state index is 14.9. The van der Waals surface area contributed by atoms with Crippen LogP contribution in [0.5, 0.6) is 0 Å². The molecule has 0 N–H and O–H groups in total. The van der Waals surface area contributed by atoms with Crippen LogP contribution >= 0.6 is 0 Å². The average Bonchev–Trinajstić information content (AvgIpc) is 3.02. The van der Waals surface area contributed by atoms with E-state index in [9.17, 15) is 9.59 Å². The van der Waals surface area contributed by atoms with Gasteiger partial charge in [0.05, 0.1) is 5.41 Å². The Morgan fingerprint density at radius 1 is 0.479 bits per heavy atom. The van der Waals surface area contributed by atoms with Crippen LogP contribution in [0.4, 0.5) is 0 Å². The highest BCUT2D eigenvalue weighted by atomic mass is 16.1. The fourth-order valence-corrected chi connectivity index (χ4v) is 6.70. The first-order valence-electron chi connectivity index (χ1n) is 18.3. The summed E-state index contributed by atoms with van der Waals surface area (Å²) in [4.78, 5) is 29.6. The Labute approximate surface area is 295 Å². The van der Waals surface area contributed by atoms with Crippen LogP contribution < -0.4 is 0 Å². The average molecular weight is 651 g/mol. The SMILES string of the molecule is CC(C)=CCCC(C)=CCCC(C)=CCC1(CC=C(C)CCC=C(C)C)C(=O)c2ccccc2C(=O)C1(C)CC=C(C)CCC=C(C)C. The summed E-state index contributed by atoms with van der Waals surface area (Å²) in [6, 6.07) is 7.52. The third kappa shape index (κ3) is 12.0. The molecule has 0 heterocycles. The fourth-order valence-electron chi connectivity index (χ4n) is 6.70. The third-order valence-electron chi connectivity index (χ3n) is 10.2. The van der Waals surface area contributed by atoms with Crippen LogP contribution in [0.1, 0.15) is 168 Å². The molecule has 0 saturated heterocycles. The number of hydrogen-bond donors (Lipinski definition) is 0. The number of hydrogen-bond acceptors (Lipinski definition) is 2. The number of Topliss-reactive ketones (excluding diaryl/α,β-unsaturated/α-hetero) is 2. The van der Waals surface area contributed by atoms with Gasteiger partial charge in [-0.25, -0.2) is 0 Å². The van der Waals surface area contributed by atoms with Crippen LogP contribution in [0.25, 0.3) is 0 Å². The standard InChI is InChI=1S/C46H66O2/c1-34(2)18-14-21-37(7)24-17-25-40(10)30-33-46(32-29-39(9)23-16-20-36(5)6)44(48)42-27-13-12-26-41(42)43(47)45(46,11)31-28-38(8)22-15-19-35(3)4/h12-13,18-20,24,26-30H,14-17,21-23,25,31-33H2,1-11H3. The molecule has 2 atom stereocenters. The summed E-state index contributed by atoms with van der Waals surface area (Å²) in [6.45, 7) is 23.7. The molecule has 1 aliphatic carbocycles. The first kappa shape index (κ1) is 40.9. The highest BCUT2D eigenvalue weighted by Gasteiger charge is 2.59. The zero-order valence-corrected chi connectivity index (χ0v) is 32.4. The highest BCUT2D eigenvalue weighted by Crippen LogP contribution is 2.56. The number of rotatable bonds is 18. The minimum absolute atomic E-state index is 0.0996. The Balaban J connectivity index is 2.57. The number of benzene rings is 1. The van der Waals surface area contributed by atoms with Crippen molar-refractivity contribution in [2.45, 2.75) is 147 Å². The van der Waals surface area contributed by atoms with Crippen molar-refractivity contribution in [2.75, 3.05) is 0 Å². The van der Waals surface area contributed by atoms with Crippen LogP contribution in [0.15, 0.2) is 106 Å². The van der Waals surface area contributed by atoms with E-state index in [1.165, 1.54) is 39.0 Å². The minimum atomic E-state index is -0.871. The maximum Gasteiger partial charge on any atom is 0.171 e. The van der Waals surface area contributed by atoms with Gasteiger partial charge in [-0.2, -0.15) is 0 Å². The van der Waals surface area contributed by atoms with E-state index in [-0.39, 0.29) is 11.6 Å². The smallest absolute Gasteiger partial charge is 0.171 e. The Bertz CT molecular complexity index is 1470. The number of ketones is 2. The molecule has 1 aromatic rings. The van der Waals surface area contributed by atoms with Gasteiger partial charge in [-0.15, -0.1) is 0 Å². The van der Waals surface area contributed by atoms with Crippen molar-refractivity contribution in [3.8, 4) is 0 Å². The van der Waals surface area contributed by atoms with Crippen LogP contribution in [-0.4, -0.2) is 11.6 Å². The van der Waals surface area contributed by atoms with Gasteiger partial charge in [0.15, 0.2) is 11.6 Å². The minimum Gasteiger partial charge on any atom is -0.293 e. The lowest BCUT2D eigenvalue weighted by molar-refractivity contribution is 0.0298. The van der Waals surface area contributed by atoms with Crippen molar-refractivity contribution in [3.63, 3.8) is 0 Å². The van der Waals surface area contributed by atoms with Gasteiger partial charge in [0.1, 0.15) is 0 Å². The molecule has 0 radical (unpaired) electrons. The topological polar surface area (TPSA) is 34.1 Å². The Morgan fingerprint density at radius 3 is 1.21 bits per heavy atom. The van der Waals surface area contributed by atoms with E-state index in [1.54, 1.807) is 0 Å². The molecular formula is C46H66O2. The lowest BCUT2D eigenvalue weighted by Crippen LogP contribution is -2.54. The van der Waals surface area contributed by atoms with Crippen molar-refractivity contribution in [1.29, 1.82) is 0 Å². The van der Waals surface area contributed by atoms with E-state index >= 15 is 0 Å². The number of carbonyl (C=O) groups is 2. The van der Waals surface area contributed by atoms with E-state index in [4.69, 9.17) is 0 Å². The second-order valence-corrected chi connectivity index (χ2v) is 15.4. The lowest BCUT2D eigenvalue weighted by atomic mass is 9.50. The van der Waals surface area contributed by atoms with Gasteiger partial charge in [0.2, 0.25) is 0 Å². The summed E-state index contributed by atoms with van der Waals surface area (Å²) in [5, 5.41) is 0. The van der Waals surface area contributed by atoms with E-state index in [2.05, 4.69) is 119 Å². The van der Waals surface area contributed by atoms with Crippen molar-refractivity contribution in [1.82, 2.24) is 0 Å². The van der Waals surface area contributed by atoms with Gasteiger partial charge in [-0.3, -0.25) is 9.59 Å². The molecule has 2 unspecified atom stereocenters. The second-order valence-electron chi connectivity index (χ2n) is 15.4. The van der Waals surface area contributed by atoms with Gasteiger partial charge in [-0.1, -0.05) is 113 Å². The molecule has 2 rings (SSSR count). The Kier molecular flexibility index (Phi) is 16.8. The summed E-state index contributed by atoms with van der Waals surface area (Å²) < 4.78 is 0. The third-order valence-corrected chi connectivity index (χ3v) is 10.2. The monoisotopic (exact) mass is 651 g/mol. The normalized spacial score (nSPS) is 20.4. The molecule has 48 heavy (non-hydrogen) atoms. The van der Waals surface area contributed by atoms with Gasteiger partial charge in [0.25, 0.3) is 0 Å². The largest absolute Gasteiger partial charge is 0.293 e. The first-order valence-corrected chi connectivity index (χ1v) is 18.3. The predicted molar refractivity (Wildman–Crippen MR) is 210 cm³/mol. The molecule has 2 nitrogen and oxygen atoms in total. The van der Waals surface area contributed by atoms with Crippen LogP contribution in [0.3, 0.4) is 0 Å². The Hall–Kier alpha value is -3.26. The van der Waals surface area contributed by atoms with Crippen molar-refractivity contribution >= 4 is 11.6 Å². The summed E-state index contributed by atoms with van der Waals surface area (Å²) in [7, 11) is 0. The molecular weight excluding hydrogens is 585 g/mol. The van der Waals surface area contributed by atoms with Gasteiger partial charge >= 0.3 is 0 Å². The summed E-state index contributed by atoms with van der Waals surface area (Å²) >= 11 is 0. The Morgan fingerprint density at radius 2 is 0.812 bits per heavy atom. The summed E-state index contributed by atoms with van der Waals surface area (Å²) in [6.07, 6.45) is 25.7. The molecule has 1 aliphatic rings. The molecule has 0 saturated carbocycles. The first-order chi connectivity index (χ1) is 22.6. The quantitative estimate of drug-likeness (QED) is 0.148. The maximum atomic E-state index is 14.9. The molecule has 0 bridgehead atoms. The van der Waals surface area contributed by atoms with Crippen molar-refractivity contribution in [3.05, 3.63) is 117 Å². The summed E-state index contributed by atoms with van der Waals surface area (Å²) in [5.74, 6) is 0.214. The molecule has 1 aromatic carbocycles. The number of allylic oxidation sites excluding steroid dienone is 14. The van der Waals surface area contributed by atoms with E-state index in [0.29, 0.717) is 30.4 Å².